The van der Waals surface area contributed by atoms with Crippen LogP contribution in [0.2, 0.25) is 0 Å². The van der Waals surface area contributed by atoms with Crippen LogP contribution in [0.5, 0.6) is 6.01 Å². The van der Waals surface area contributed by atoms with Crippen molar-refractivity contribution in [2.75, 3.05) is 19.7 Å². The fraction of sp³-hybridized carbons (Fsp3) is 0.360. The summed E-state index contributed by atoms with van der Waals surface area (Å²) >= 11 is 0. The van der Waals surface area contributed by atoms with Gasteiger partial charge in [-0.2, -0.15) is 9.97 Å². The zero-order valence-corrected chi connectivity index (χ0v) is 19.0. The van der Waals surface area contributed by atoms with Crippen molar-refractivity contribution in [3.63, 3.8) is 0 Å². The molecule has 0 saturated carbocycles. The quantitative estimate of drug-likeness (QED) is 0.420. The summed E-state index contributed by atoms with van der Waals surface area (Å²) in [5.74, 6) is 0.194. The zero-order chi connectivity index (χ0) is 22.8. The van der Waals surface area contributed by atoms with Gasteiger partial charge < -0.3 is 9.30 Å². The number of fused-ring (bicyclic) bond motifs is 1. The van der Waals surface area contributed by atoms with Crippen LogP contribution in [0.4, 0.5) is 4.39 Å². The number of aromatic nitrogens is 5. The van der Waals surface area contributed by atoms with E-state index in [1.807, 2.05) is 18.4 Å². The van der Waals surface area contributed by atoms with Crippen molar-refractivity contribution in [1.82, 2.24) is 29.4 Å². The Bertz CT molecular complexity index is 1260. The van der Waals surface area contributed by atoms with Crippen LogP contribution in [-0.2, 0) is 13.1 Å². The third-order valence-electron chi connectivity index (χ3n) is 5.95. The van der Waals surface area contributed by atoms with Crippen LogP contribution in [0.3, 0.4) is 0 Å². The summed E-state index contributed by atoms with van der Waals surface area (Å²) in [5.41, 5.74) is 5.06. The summed E-state index contributed by atoms with van der Waals surface area (Å²) in [6, 6.07) is 10.4. The van der Waals surface area contributed by atoms with Gasteiger partial charge in [-0.05, 0) is 57.0 Å². The minimum atomic E-state index is -0.407. The van der Waals surface area contributed by atoms with E-state index in [1.165, 1.54) is 43.8 Å². The van der Waals surface area contributed by atoms with Crippen molar-refractivity contribution in [2.24, 2.45) is 0 Å². The number of hydrogen-bond acceptors (Lipinski definition) is 6. The Morgan fingerprint density at radius 1 is 0.970 bits per heavy atom. The Balaban J connectivity index is 1.54. The zero-order valence-electron chi connectivity index (χ0n) is 19.0. The molecular formula is C25H27FN6O. The Kier molecular flexibility index (Phi) is 6.00. The molecule has 5 rings (SSSR count). The van der Waals surface area contributed by atoms with Gasteiger partial charge in [0.05, 0.1) is 25.0 Å². The average molecular weight is 447 g/mol. The lowest BCUT2D eigenvalue weighted by Crippen LogP contribution is -2.18. The van der Waals surface area contributed by atoms with Crippen LogP contribution in [0.25, 0.3) is 22.6 Å². The smallest absolute Gasteiger partial charge is 0.318 e. The molecule has 1 saturated heterocycles. The van der Waals surface area contributed by atoms with Gasteiger partial charge in [0.25, 0.3) is 0 Å². The van der Waals surface area contributed by atoms with Gasteiger partial charge in [0.2, 0.25) is 0 Å². The van der Waals surface area contributed by atoms with Gasteiger partial charge in [-0.1, -0.05) is 24.3 Å². The Morgan fingerprint density at radius 3 is 2.39 bits per heavy atom. The summed E-state index contributed by atoms with van der Waals surface area (Å²) in [6.07, 6.45) is 5.38. The van der Waals surface area contributed by atoms with Crippen molar-refractivity contribution >= 4 is 11.2 Å². The van der Waals surface area contributed by atoms with Gasteiger partial charge in [0, 0.05) is 18.3 Å². The average Bonchev–Trinajstić information content (AvgIpc) is 3.44. The van der Waals surface area contributed by atoms with Crippen LogP contribution in [0, 0.1) is 12.7 Å². The van der Waals surface area contributed by atoms with E-state index in [0.717, 1.165) is 12.1 Å². The number of aryl methyl sites for hydroxylation is 1. The molecule has 0 bridgehead atoms. The Labute approximate surface area is 192 Å². The van der Waals surface area contributed by atoms with Gasteiger partial charge in [-0.3, -0.25) is 9.88 Å². The predicted octanol–water partition coefficient (Wildman–Crippen LogP) is 4.38. The first-order valence-corrected chi connectivity index (χ1v) is 11.4. The first-order chi connectivity index (χ1) is 16.1. The first kappa shape index (κ1) is 21.5. The van der Waals surface area contributed by atoms with Gasteiger partial charge >= 0.3 is 6.01 Å². The number of ether oxygens (including phenoxy) is 1. The van der Waals surface area contributed by atoms with Crippen molar-refractivity contribution in [3.05, 3.63) is 65.4 Å². The molecule has 7 nitrogen and oxygen atoms in total. The molecule has 0 N–H and O–H groups in total. The van der Waals surface area contributed by atoms with Crippen LogP contribution in [0.15, 0.2) is 42.7 Å². The normalized spacial score (nSPS) is 14.3. The maximum absolute atomic E-state index is 14.0. The number of pyridine rings is 1. The molecule has 1 aliphatic heterocycles. The molecule has 1 fully saturated rings. The first-order valence-electron chi connectivity index (χ1n) is 11.4. The number of halogens is 1. The second-order valence-electron chi connectivity index (χ2n) is 8.41. The molecule has 0 amide bonds. The molecule has 33 heavy (non-hydrogen) atoms. The molecular weight excluding hydrogens is 419 g/mol. The number of benzene rings is 1. The van der Waals surface area contributed by atoms with Gasteiger partial charge in [-0.25, -0.2) is 9.37 Å². The SMILES string of the molecule is CCOc1nc(C)c2nc(-c3cncc(F)c3)n(Cc3ccc(CN4CCCC4)cc3)c2n1. The minimum absolute atomic E-state index is 0.313. The second-order valence-corrected chi connectivity index (χ2v) is 8.41. The number of likely N-dealkylation sites (tertiary alicyclic amines) is 1. The second kappa shape index (κ2) is 9.23. The van der Waals surface area contributed by atoms with E-state index >= 15 is 0 Å². The summed E-state index contributed by atoms with van der Waals surface area (Å²) < 4.78 is 21.5. The molecule has 170 valence electrons. The third kappa shape index (κ3) is 4.57. The molecule has 8 heteroatoms. The van der Waals surface area contributed by atoms with Crippen molar-refractivity contribution < 1.29 is 9.13 Å². The highest BCUT2D eigenvalue weighted by molar-refractivity contribution is 5.79. The predicted molar refractivity (Wildman–Crippen MR) is 124 cm³/mol. The molecule has 0 atom stereocenters. The molecule has 0 unspecified atom stereocenters. The minimum Gasteiger partial charge on any atom is -0.464 e. The summed E-state index contributed by atoms with van der Waals surface area (Å²) in [7, 11) is 0. The lowest BCUT2D eigenvalue weighted by atomic mass is 10.1. The monoisotopic (exact) mass is 446 g/mol. The van der Waals surface area contributed by atoms with Gasteiger partial charge in [0.15, 0.2) is 5.65 Å². The molecule has 4 heterocycles. The molecule has 0 aliphatic carbocycles. The van der Waals surface area contributed by atoms with E-state index in [0.29, 0.717) is 47.4 Å². The van der Waals surface area contributed by atoms with E-state index < -0.39 is 5.82 Å². The Morgan fingerprint density at radius 2 is 1.70 bits per heavy atom. The van der Waals surface area contributed by atoms with Crippen LogP contribution >= 0.6 is 0 Å². The lowest BCUT2D eigenvalue weighted by Gasteiger charge is -2.15. The number of rotatable bonds is 7. The van der Waals surface area contributed by atoms with Gasteiger partial charge in [0.1, 0.15) is 17.2 Å². The van der Waals surface area contributed by atoms with Crippen molar-refractivity contribution in [1.29, 1.82) is 0 Å². The van der Waals surface area contributed by atoms with E-state index in [1.54, 1.807) is 6.20 Å². The molecule has 3 aromatic heterocycles. The van der Waals surface area contributed by atoms with E-state index in [2.05, 4.69) is 44.1 Å². The number of hydrogen-bond donors (Lipinski definition) is 0. The largest absolute Gasteiger partial charge is 0.464 e. The molecule has 1 aliphatic rings. The highest BCUT2D eigenvalue weighted by atomic mass is 19.1. The summed E-state index contributed by atoms with van der Waals surface area (Å²) in [6.45, 7) is 8.12. The summed E-state index contributed by atoms with van der Waals surface area (Å²) in [5, 5.41) is 0. The molecule has 4 aromatic rings. The standard InChI is InChI=1S/C25H27FN6O/c1-3-33-25-28-17(2)22-24(30-25)32(23(29-22)20-12-21(26)14-27-13-20)16-19-8-6-18(7-9-19)15-31-10-4-5-11-31/h6-9,12-14H,3-5,10-11,15-16H2,1-2H3. The Hall–Kier alpha value is -3.39. The van der Waals surface area contributed by atoms with Crippen LogP contribution < -0.4 is 4.74 Å². The maximum Gasteiger partial charge on any atom is 0.318 e. The topological polar surface area (TPSA) is 69.0 Å². The highest BCUT2D eigenvalue weighted by Crippen LogP contribution is 2.27. The molecule has 0 radical (unpaired) electrons. The van der Waals surface area contributed by atoms with Crippen LogP contribution in [-0.4, -0.2) is 49.1 Å². The third-order valence-corrected chi connectivity index (χ3v) is 5.95. The van der Waals surface area contributed by atoms with Crippen molar-refractivity contribution in [2.45, 2.75) is 39.8 Å². The summed E-state index contributed by atoms with van der Waals surface area (Å²) in [4.78, 5) is 20.3. The van der Waals surface area contributed by atoms with Gasteiger partial charge in [-0.15, -0.1) is 0 Å². The maximum atomic E-state index is 14.0. The van der Waals surface area contributed by atoms with E-state index in [4.69, 9.17) is 9.72 Å². The van der Waals surface area contributed by atoms with Crippen LogP contribution in [0.1, 0.15) is 36.6 Å². The lowest BCUT2D eigenvalue weighted by molar-refractivity contribution is 0.313. The van der Waals surface area contributed by atoms with E-state index in [9.17, 15) is 4.39 Å². The van der Waals surface area contributed by atoms with Crippen molar-refractivity contribution in [3.8, 4) is 17.4 Å². The molecule has 1 aromatic carbocycles. The number of nitrogens with zero attached hydrogens (tertiary/aromatic N) is 6. The highest BCUT2D eigenvalue weighted by Gasteiger charge is 2.19. The molecule has 0 spiro atoms. The van der Waals surface area contributed by atoms with E-state index in [-0.39, 0.29) is 0 Å². The number of imidazole rings is 1. The fourth-order valence-electron chi connectivity index (χ4n) is 4.34. The fourth-order valence-corrected chi connectivity index (χ4v) is 4.34.